The van der Waals surface area contributed by atoms with Gasteiger partial charge in [0.25, 0.3) is 0 Å². The summed E-state index contributed by atoms with van der Waals surface area (Å²) in [6.45, 7) is 11.1. The van der Waals surface area contributed by atoms with Gasteiger partial charge in [0.05, 0.1) is 0 Å². The molecule has 1 aliphatic carbocycles. The number of nitrogens with one attached hydrogen (secondary N) is 1. The molecule has 2 nitrogen and oxygen atoms in total. The summed E-state index contributed by atoms with van der Waals surface area (Å²) in [6, 6.07) is 47.6. The zero-order valence-electron chi connectivity index (χ0n) is 26.9. The quantitative estimate of drug-likeness (QED) is 0.190. The molecule has 1 aliphatic rings. The predicted molar refractivity (Wildman–Crippen MR) is 204 cm³/mol. The Morgan fingerprint density at radius 2 is 0.848 bits per heavy atom. The summed E-state index contributed by atoms with van der Waals surface area (Å²) < 4.78 is 2.18. The van der Waals surface area contributed by atoms with Gasteiger partial charge in [-0.25, -0.2) is 0 Å². The van der Waals surface area contributed by atoms with E-state index in [0.29, 0.717) is 0 Å². The monoisotopic (exact) mass is 728 g/mol. The largest absolute Gasteiger partial charge is 0.356 e. The lowest BCUT2D eigenvalue weighted by Crippen LogP contribution is -2.16. The van der Waals surface area contributed by atoms with Crippen molar-refractivity contribution in [2.24, 2.45) is 0 Å². The van der Waals surface area contributed by atoms with Gasteiger partial charge in [-0.1, -0.05) is 111 Å². The molecule has 0 radical (unpaired) electrons. The highest BCUT2D eigenvalue weighted by Crippen LogP contribution is 2.50. The highest BCUT2D eigenvalue weighted by molar-refractivity contribution is 9.10. The molecule has 0 atom stereocenters. The molecule has 1 N–H and O–H groups in total. The van der Waals surface area contributed by atoms with Crippen molar-refractivity contribution in [3.05, 3.63) is 170 Å². The van der Waals surface area contributed by atoms with E-state index in [1.165, 1.54) is 44.6 Å². The highest BCUT2D eigenvalue weighted by Gasteiger charge is 2.36. The molecule has 0 aliphatic heterocycles. The average Bonchev–Trinajstić information content (AvgIpc) is 3.27. The number of fused-ring (bicyclic) bond motifs is 3. The standard InChI is InChI=1S/C29H26BrN.C13H12BrN/c1-19-5-10-22(11-6-19)31(23-12-8-21(30)9-13-23)24-14-16-26-25-15-7-20(2)17-27(25)29(3,4)28(26)18-24;1-10-2-6-12(7-3-10)15-13-8-4-11(14)5-9-13/h5-18H,1-4H3;2-9,15H,1H3. The van der Waals surface area contributed by atoms with Crippen LogP contribution in [0.3, 0.4) is 0 Å². The molecule has 230 valence electrons. The van der Waals surface area contributed by atoms with Gasteiger partial charge in [0, 0.05) is 42.8 Å². The second-order valence-electron chi connectivity index (χ2n) is 12.5. The molecule has 0 unspecified atom stereocenters. The van der Waals surface area contributed by atoms with E-state index in [-0.39, 0.29) is 5.41 Å². The maximum absolute atomic E-state index is 3.58. The molecule has 0 saturated carbocycles. The predicted octanol–water partition coefficient (Wildman–Crippen LogP) is 13.3. The molecule has 6 aromatic rings. The maximum Gasteiger partial charge on any atom is 0.0465 e. The lowest BCUT2D eigenvalue weighted by Gasteiger charge is -2.28. The summed E-state index contributed by atoms with van der Waals surface area (Å²) in [4.78, 5) is 2.34. The number of hydrogen-bond donors (Lipinski definition) is 1. The van der Waals surface area contributed by atoms with Crippen molar-refractivity contribution in [2.45, 2.75) is 40.0 Å². The Labute approximate surface area is 290 Å². The van der Waals surface area contributed by atoms with Crippen LogP contribution in [0.1, 0.15) is 41.7 Å². The fourth-order valence-corrected chi connectivity index (χ4v) is 6.58. The number of anilines is 5. The first-order valence-corrected chi connectivity index (χ1v) is 17.1. The molecule has 7 rings (SSSR count). The van der Waals surface area contributed by atoms with E-state index >= 15 is 0 Å². The molecule has 0 aromatic heterocycles. The first-order valence-electron chi connectivity index (χ1n) is 15.6. The molecule has 46 heavy (non-hydrogen) atoms. The van der Waals surface area contributed by atoms with E-state index in [0.717, 1.165) is 31.7 Å². The number of nitrogens with zero attached hydrogens (tertiary/aromatic N) is 1. The van der Waals surface area contributed by atoms with Gasteiger partial charge >= 0.3 is 0 Å². The second-order valence-corrected chi connectivity index (χ2v) is 14.4. The molecular formula is C42H38Br2N2. The summed E-state index contributed by atoms with van der Waals surface area (Å²) >= 11 is 6.99. The van der Waals surface area contributed by atoms with Crippen molar-refractivity contribution in [2.75, 3.05) is 10.2 Å². The van der Waals surface area contributed by atoms with Crippen molar-refractivity contribution in [3.63, 3.8) is 0 Å². The molecule has 0 spiro atoms. The van der Waals surface area contributed by atoms with Gasteiger partial charge < -0.3 is 10.2 Å². The molecule has 0 saturated heterocycles. The first-order chi connectivity index (χ1) is 22.1. The van der Waals surface area contributed by atoms with Crippen molar-refractivity contribution >= 4 is 60.3 Å². The Hall–Kier alpha value is -4.12. The summed E-state index contributed by atoms with van der Waals surface area (Å²) in [7, 11) is 0. The highest BCUT2D eigenvalue weighted by atomic mass is 79.9. The average molecular weight is 731 g/mol. The summed E-state index contributed by atoms with van der Waals surface area (Å²) in [6.07, 6.45) is 0. The number of halogens is 2. The van der Waals surface area contributed by atoms with E-state index in [1.54, 1.807) is 0 Å². The van der Waals surface area contributed by atoms with Crippen LogP contribution in [-0.2, 0) is 5.41 Å². The van der Waals surface area contributed by atoms with Crippen LogP contribution in [0, 0.1) is 20.8 Å². The fourth-order valence-electron chi connectivity index (χ4n) is 6.05. The minimum absolute atomic E-state index is 0.0225. The number of rotatable bonds is 5. The Kier molecular flexibility index (Phi) is 9.22. The van der Waals surface area contributed by atoms with Crippen molar-refractivity contribution in [1.29, 1.82) is 0 Å². The smallest absolute Gasteiger partial charge is 0.0465 e. The Bertz CT molecular complexity index is 1870. The number of aryl methyl sites for hydroxylation is 3. The van der Waals surface area contributed by atoms with Crippen LogP contribution >= 0.6 is 31.9 Å². The third-order valence-electron chi connectivity index (χ3n) is 8.63. The number of hydrogen-bond acceptors (Lipinski definition) is 2. The van der Waals surface area contributed by atoms with Crippen LogP contribution in [0.2, 0.25) is 0 Å². The molecule has 0 fully saturated rings. The Balaban J connectivity index is 0.000000208. The molecule has 0 amide bonds. The van der Waals surface area contributed by atoms with Crippen molar-refractivity contribution < 1.29 is 0 Å². The lowest BCUT2D eigenvalue weighted by molar-refractivity contribution is 0.660. The van der Waals surface area contributed by atoms with Gasteiger partial charge in [-0.05, 0) is 128 Å². The van der Waals surface area contributed by atoms with Gasteiger partial charge in [-0.3, -0.25) is 0 Å². The summed E-state index contributed by atoms with van der Waals surface area (Å²) in [5, 5.41) is 3.34. The van der Waals surface area contributed by atoms with Gasteiger partial charge in [-0.15, -0.1) is 0 Å². The Morgan fingerprint density at radius 1 is 0.457 bits per heavy atom. The van der Waals surface area contributed by atoms with Crippen LogP contribution in [0.5, 0.6) is 0 Å². The third kappa shape index (κ3) is 6.84. The first kappa shape index (κ1) is 31.8. The van der Waals surface area contributed by atoms with Crippen molar-refractivity contribution in [3.8, 4) is 11.1 Å². The number of benzene rings is 6. The third-order valence-corrected chi connectivity index (χ3v) is 9.69. The van der Waals surface area contributed by atoms with Crippen LogP contribution in [-0.4, -0.2) is 0 Å². The normalized spacial score (nSPS) is 12.4. The van der Waals surface area contributed by atoms with Gasteiger partial charge in [0.1, 0.15) is 0 Å². The zero-order chi connectivity index (χ0) is 32.4. The van der Waals surface area contributed by atoms with Crippen LogP contribution < -0.4 is 10.2 Å². The lowest BCUT2D eigenvalue weighted by atomic mass is 9.82. The van der Waals surface area contributed by atoms with E-state index in [9.17, 15) is 0 Å². The van der Waals surface area contributed by atoms with E-state index in [2.05, 4.69) is 186 Å². The fraction of sp³-hybridized carbons (Fsp3) is 0.143. The van der Waals surface area contributed by atoms with E-state index in [4.69, 9.17) is 0 Å². The summed E-state index contributed by atoms with van der Waals surface area (Å²) in [5.41, 5.74) is 15.1. The SMILES string of the molecule is Cc1ccc(N(c2ccc(Br)cc2)c2ccc3c(c2)C(C)(C)c2cc(C)ccc2-3)cc1.Cc1ccc(Nc2ccc(Br)cc2)cc1. The van der Waals surface area contributed by atoms with Gasteiger partial charge in [0.15, 0.2) is 0 Å². The molecular weight excluding hydrogens is 692 g/mol. The van der Waals surface area contributed by atoms with Crippen LogP contribution in [0.15, 0.2) is 142 Å². The molecule has 6 aromatic carbocycles. The molecule has 0 bridgehead atoms. The van der Waals surface area contributed by atoms with Crippen LogP contribution in [0.4, 0.5) is 28.4 Å². The van der Waals surface area contributed by atoms with E-state index in [1.807, 2.05) is 24.3 Å². The second kappa shape index (κ2) is 13.3. The molecule has 4 heteroatoms. The summed E-state index contributed by atoms with van der Waals surface area (Å²) in [5.74, 6) is 0. The minimum Gasteiger partial charge on any atom is -0.356 e. The maximum atomic E-state index is 3.58. The Morgan fingerprint density at radius 3 is 1.41 bits per heavy atom. The van der Waals surface area contributed by atoms with Gasteiger partial charge in [-0.2, -0.15) is 0 Å². The molecule has 0 heterocycles. The zero-order valence-corrected chi connectivity index (χ0v) is 30.1. The van der Waals surface area contributed by atoms with Crippen molar-refractivity contribution in [1.82, 2.24) is 0 Å². The van der Waals surface area contributed by atoms with E-state index < -0.39 is 0 Å². The minimum atomic E-state index is -0.0225. The topological polar surface area (TPSA) is 15.3 Å². The van der Waals surface area contributed by atoms with Gasteiger partial charge in [0.2, 0.25) is 0 Å². The van der Waals surface area contributed by atoms with Crippen LogP contribution in [0.25, 0.3) is 11.1 Å².